The Balaban J connectivity index is 0.00000162. The van der Waals surface area contributed by atoms with Gasteiger partial charge in [0.25, 0.3) is 0 Å². The van der Waals surface area contributed by atoms with Gasteiger partial charge in [-0.25, -0.2) is 0 Å². The number of amides is 1. The first-order valence-corrected chi connectivity index (χ1v) is 6.17. The summed E-state index contributed by atoms with van der Waals surface area (Å²) < 4.78 is 1.80. The number of halogens is 2. The van der Waals surface area contributed by atoms with Gasteiger partial charge in [-0.3, -0.25) is 9.48 Å². The van der Waals surface area contributed by atoms with Gasteiger partial charge in [-0.15, -0.1) is 24.8 Å². The van der Waals surface area contributed by atoms with Crippen molar-refractivity contribution in [2.75, 3.05) is 13.1 Å². The van der Waals surface area contributed by atoms with Gasteiger partial charge in [0, 0.05) is 50.5 Å². The molecule has 0 spiro atoms. The molecule has 2 unspecified atom stereocenters. The SMILES string of the molecule is CC1CN(C(=O)CCn2cccn2)C(C)CN1.Cl.Cl. The zero-order valence-corrected chi connectivity index (χ0v) is 12.9. The van der Waals surface area contributed by atoms with Crippen molar-refractivity contribution in [3.8, 4) is 0 Å². The van der Waals surface area contributed by atoms with Gasteiger partial charge in [0.15, 0.2) is 0 Å². The molecule has 1 aromatic rings. The third-order valence-corrected chi connectivity index (χ3v) is 3.20. The first kappa shape index (κ1) is 18.2. The number of piperazine rings is 1. The molecule has 2 heterocycles. The predicted octanol–water partition coefficient (Wildman–Crippen LogP) is 1.33. The maximum absolute atomic E-state index is 12.1. The number of carbonyl (C=O) groups is 1. The van der Waals surface area contributed by atoms with Crippen molar-refractivity contribution in [1.82, 2.24) is 20.0 Å². The third kappa shape index (κ3) is 5.01. The van der Waals surface area contributed by atoms with E-state index in [2.05, 4.69) is 24.3 Å². The number of nitrogens with zero attached hydrogens (tertiary/aromatic N) is 3. The minimum atomic E-state index is 0. The second-order valence-electron chi connectivity index (χ2n) is 4.72. The average molecular weight is 309 g/mol. The van der Waals surface area contributed by atoms with E-state index in [-0.39, 0.29) is 36.8 Å². The first-order chi connectivity index (χ1) is 8.16. The fourth-order valence-corrected chi connectivity index (χ4v) is 2.16. The third-order valence-electron chi connectivity index (χ3n) is 3.20. The van der Waals surface area contributed by atoms with Crippen molar-refractivity contribution in [2.45, 2.75) is 38.9 Å². The molecule has 1 aromatic heterocycles. The number of rotatable bonds is 3. The number of carbonyl (C=O) groups excluding carboxylic acids is 1. The largest absolute Gasteiger partial charge is 0.337 e. The molecule has 2 rings (SSSR count). The smallest absolute Gasteiger partial charge is 0.224 e. The highest BCUT2D eigenvalue weighted by Crippen LogP contribution is 2.09. The lowest BCUT2D eigenvalue weighted by Crippen LogP contribution is -2.56. The van der Waals surface area contributed by atoms with Crippen molar-refractivity contribution in [3.63, 3.8) is 0 Å². The molecule has 0 aliphatic carbocycles. The molecule has 19 heavy (non-hydrogen) atoms. The van der Waals surface area contributed by atoms with Crippen LogP contribution in [0.3, 0.4) is 0 Å². The van der Waals surface area contributed by atoms with Gasteiger partial charge in [0.1, 0.15) is 0 Å². The molecule has 1 aliphatic rings. The summed E-state index contributed by atoms with van der Waals surface area (Å²) in [5.41, 5.74) is 0. The van der Waals surface area contributed by atoms with E-state index in [1.807, 2.05) is 17.2 Å². The average Bonchev–Trinajstić information content (AvgIpc) is 2.82. The molecule has 1 aliphatic heterocycles. The van der Waals surface area contributed by atoms with E-state index in [1.165, 1.54) is 0 Å². The Morgan fingerprint density at radius 1 is 1.42 bits per heavy atom. The van der Waals surface area contributed by atoms with Crippen molar-refractivity contribution < 1.29 is 4.79 Å². The van der Waals surface area contributed by atoms with Crippen LogP contribution in [0.15, 0.2) is 18.5 Å². The highest BCUT2D eigenvalue weighted by atomic mass is 35.5. The van der Waals surface area contributed by atoms with E-state index in [0.29, 0.717) is 19.0 Å². The van der Waals surface area contributed by atoms with Gasteiger partial charge in [0.2, 0.25) is 5.91 Å². The molecule has 1 amide bonds. The van der Waals surface area contributed by atoms with E-state index >= 15 is 0 Å². The predicted molar refractivity (Wildman–Crippen MR) is 80.0 cm³/mol. The lowest BCUT2D eigenvalue weighted by Gasteiger charge is -2.37. The van der Waals surface area contributed by atoms with Crippen LogP contribution in [0.25, 0.3) is 0 Å². The Kier molecular flexibility index (Phi) is 8.06. The number of hydrogen-bond acceptors (Lipinski definition) is 3. The van der Waals surface area contributed by atoms with Crippen molar-refractivity contribution in [1.29, 1.82) is 0 Å². The topological polar surface area (TPSA) is 50.2 Å². The molecule has 1 N–H and O–H groups in total. The lowest BCUT2D eigenvalue weighted by molar-refractivity contribution is -0.134. The highest BCUT2D eigenvalue weighted by molar-refractivity contribution is 5.85. The standard InChI is InChI=1S/C12H20N4O.2ClH/c1-10-9-16(11(2)8-13-10)12(17)4-7-15-6-3-5-14-15;;/h3,5-6,10-11,13H,4,7-9H2,1-2H3;2*1H. The Morgan fingerprint density at radius 3 is 2.79 bits per heavy atom. The molecule has 1 saturated heterocycles. The van der Waals surface area contributed by atoms with Gasteiger partial charge in [-0.2, -0.15) is 5.10 Å². The van der Waals surface area contributed by atoms with Gasteiger partial charge < -0.3 is 10.2 Å². The minimum absolute atomic E-state index is 0. The molecule has 0 radical (unpaired) electrons. The number of aromatic nitrogens is 2. The summed E-state index contributed by atoms with van der Waals surface area (Å²) in [6.07, 6.45) is 4.15. The van der Waals surface area contributed by atoms with E-state index in [0.717, 1.165) is 13.1 Å². The zero-order chi connectivity index (χ0) is 12.3. The molecule has 7 heteroatoms. The van der Waals surface area contributed by atoms with Crippen LogP contribution < -0.4 is 5.32 Å². The summed E-state index contributed by atoms with van der Waals surface area (Å²) in [7, 11) is 0. The van der Waals surface area contributed by atoms with Gasteiger partial charge in [-0.05, 0) is 19.9 Å². The summed E-state index contributed by atoms with van der Waals surface area (Å²) in [5.74, 6) is 0.223. The summed E-state index contributed by atoms with van der Waals surface area (Å²) >= 11 is 0. The Bertz CT molecular complexity index is 372. The van der Waals surface area contributed by atoms with Gasteiger partial charge in [-0.1, -0.05) is 0 Å². The molecule has 5 nitrogen and oxygen atoms in total. The van der Waals surface area contributed by atoms with Crippen molar-refractivity contribution in [3.05, 3.63) is 18.5 Å². The molecule has 110 valence electrons. The molecular weight excluding hydrogens is 287 g/mol. The number of hydrogen-bond donors (Lipinski definition) is 1. The summed E-state index contributed by atoms with van der Waals surface area (Å²) in [5, 5.41) is 7.48. The van der Waals surface area contributed by atoms with Crippen LogP contribution in [-0.2, 0) is 11.3 Å². The monoisotopic (exact) mass is 308 g/mol. The normalized spacial score (nSPS) is 22.3. The first-order valence-electron chi connectivity index (χ1n) is 6.17. The summed E-state index contributed by atoms with van der Waals surface area (Å²) in [6, 6.07) is 2.55. The van der Waals surface area contributed by atoms with Gasteiger partial charge in [0.05, 0.1) is 0 Å². The summed E-state index contributed by atoms with van der Waals surface area (Å²) in [6.45, 7) is 6.55. The molecule has 2 atom stereocenters. The van der Waals surface area contributed by atoms with Crippen LogP contribution >= 0.6 is 24.8 Å². The van der Waals surface area contributed by atoms with Crippen LogP contribution in [0.4, 0.5) is 0 Å². The van der Waals surface area contributed by atoms with Crippen LogP contribution in [-0.4, -0.2) is 45.8 Å². The minimum Gasteiger partial charge on any atom is -0.337 e. The molecule has 0 aromatic carbocycles. The quantitative estimate of drug-likeness (QED) is 0.916. The van der Waals surface area contributed by atoms with E-state index in [9.17, 15) is 4.79 Å². The van der Waals surface area contributed by atoms with Crippen LogP contribution in [0.2, 0.25) is 0 Å². The Morgan fingerprint density at radius 2 is 2.16 bits per heavy atom. The second-order valence-corrected chi connectivity index (χ2v) is 4.72. The fraction of sp³-hybridized carbons (Fsp3) is 0.667. The fourth-order valence-electron chi connectivity index (χ4n) is 2.16. The maximum Gasteiger partial charge on any atom is 0.224 e. The van der Waals surface area contributed by atoms with Crippen LogP contribution in [0.1, 0.15) is 20.3 Å². The van der Waals surface area contributed by atoms with Gasteiger partial charge >= 0.3 is 0 Å². The van der Waals surface area contributed by atoms with Crippen LogP contribution in [0, 0.1) is 0 Å². The Hall–Kier alpha value is -0.780. The highest BCUT2D eigenvalue weighted by Gasteiger charge is 2.25. The van der Waals surface area contributed by atoms with Crippen molar-refractivity contribution >= 4 is 30.7 Å². The van der Waals surface area contributed by atoms with E-state index < -0.39 is 0 Å². The number of aryl methyl sites for hydroxylation is 1. The van der Waals surface area contributed by atoms with Crippen molar-refractivity contribution in [2.24, 2.45) is 0 Å². The molecule has 0 saturated carbocycles. The summed E-state index contributed by atoms with van der Waals surface area (Å²) in [4.78, 5) is 14.1. The Labute approximate surface area is 126 Å². The maximum atomic E-state index is 12.1. The molecule has 1 fully saturated rings. The van der Waals surface area contributed by atoms with E-state index in [4.69, 9.17) is 0 Å². The molecule has 0 bridgehead atoms. The zero-order valence-electron chi connectivity index (χ0n) is 11.3. The molecular formula is C12H22Cl2N4O. The second kappa shape index (κ2) is 8.40. The van der Waals surface area contributed by atoms with E-state index in [1.54, 1.807) is 10.9 Å². The number of nitrogens with one attached hydrogen (secondary N) is 1. The van der Waals surface area contributed by atoms with Crippen LogP contribution in [0.5, 0.6) is 0 Å². The lowest BCUT2D eigenvalue weighted by atomic mass is 10.1.